The van der Waals surface area contributed by atoms with Crippen LogP contribution in [0.1, 0.15) is 48.0 Å². The topological polar surface area (TPSA) is 64.2 Å². The number of amides is 1. The Morgan fingerprint density at radius 1 is 1.45 bits per heavy atom. The van der Waals surface area contributed by atoms with Crippen LogP contribution in [0.25, 0.3) is 10.2 Å². The number of aryl methyl sites for hydroxylation is 1. The Morgan fingerprint density at radius 2 is 2.14 bits per heavy atom. The van der Waals surface area contributed by atoms with Gasteiger partial charge in [-0.1, -0.05) is 13.8 Å². The maximum atomic E-state index is 12.7. The lowest BCUT2D eigenvalue weighted by molar-refractivity contribution is 0.0698. The summed E-state index contributed by atoms with van der Waals surface area (Å²) in [6.45, 7) is 6.65. The Balaban J connectivity index is 1.84. The van der Waals surface area contributed by atoms with E-state index in [9.17, 15) is 4.79 Å². The molecular formula is C16H24N4OS. The molecule has 1 aliphatic rings. The van der Waals surface area contributed by atoms with E-state index < -0.39 is 0 Å². The second kappa shape index (κ2) is 6.01. The van der Waals surface area contributed by atoms with Crippen molar-refractivity contribution in [1.82, 2.24) is 14.7 Å². The first-order valence-corrected chi connectivity index (χ1v) is 8.78. The Kier molecular flexibility index (Phi) is 4.23. The molecule has 2 N–H and O–H groups in total. The molecule has 1 aliphatic heterocycles. The molecule has 2 aromatic heterocycles. The zero-order valence-electron chi connectivity index (χ0n) is 13.5. The summed E-state index contributed by atoms with van der Waals surface area (Å²) in [7, 11) is 1.95. The van der Waals surface area contributed by atoms with E-state index in [-0.39, 0.29) is 5.91 Å². The number of likely N-dealkylation sites (tertiary alicyclic amines) is 1. The number of nitrogens with zero attached hydrogens (tertiary/aromatic N) is 3. The van der Waals surface area contributed by atoms with Crippen molar-refractivity contribution in [1.29, 1.82) is 0 Å². The zero-order valence-corrected chi connectivity index (χ0v) is 14.3. The Bertz CT molecular complexity index is 680. The first-order chi connectivity index (χ1) is 10.5. The lowest BCUT2D eigenvalue weighted by atomic mass is 9.97. The van der Waals surface area contributed by atoms with Gasteiger partial charge < -0.3 is 10.6 Å². The standard InChI is InChI=1S/C16H24N4OS/c1-10(2)14-12-8-13(22-16(12)19(3)18-14)15(21)20-6-4-11(9-17)5-7-20/h8,10-11H,4-7,9,17H2,1-3H3. The van der Waals surface area contributed by atoms with Crippen LogP contribution in [0.2, 0.25) is 0 Å². The van der Waals surface area contributed by atoms with E-state index in [4.69, 9.17) is 5.73 Å². The number of piperidine rings is 1. The SMILES string of the molecule is CC(C)c1nn(C)c2sc(C(=O)N3CCC(CN)CC3)cc12. The van der Waals surface area contributed by atoms with Crippen LogP contribution < -0.4 is 5.73 Å². The monoisotopic (exact) mass is 320 g/mol. The van der Waals surface area contributed by atoms with E-state index in [1.54, 1.807) is 11.3 Å². The molecule has 0 unspecified atom stereocenters. The van der Waals surface area contributed by atoms with Gasteiger partial charge in [-0.3, -0.25) is 9.48 Å². The van der Waals surface area contributed by atoms with Crippen LogP contribution in [0.3, 0.4) is 0 Å². The molecule has 120 valence electrons. The lowest BCUT2D eigenvalue weighted by Gasteiger charge is -2.31. The molecule has 2 aromatic rings. The minimum atomic E-state index is 0.159. The second-order valence-corrected chi connectivity index (χ2v) is 7.49. The van der Waals surface area contributed by atoms with Crippen LogP contribution in [0, 0.1) is 5.92 Å². The van der Waals surface area contributed by atoms with Gasteiger partial charge in [0.1, 0.15) is 4.83 Å². The van der Waals surface area contributed by atoms with Gasteiger partial charge in [0.2, 0.25) is 0 Å². The molecule has 22 heavy (non-hydrogen) atoms. The van der Waals surface area contributed by atoms with Gasteiger partial charge in [0.15, 0.2) is 0 Å². The maximum absolute atomic E-state index is 12.7. The molecule has 6 heteroatoms. The van der Waals surface area contributed by atoms with Crippen molar-refractivity contribution in [2.45, 2.75) is 32.6 Å². The summed E-state index contributed by atoms with van der Waals surface area (Å²) < 4.78 is 1.90. The van der Waals surface area contributed by atoms with E-state index in [0.29, 0.717) is 11.8 Å². The summed E-state index contributed by atoms with van der Waals surface area (Å²) in [5.74, 6) is 1.09. The molecule has 0 spiro atoms. The highest BCUT2D eigenvalue weighted by atomic mass is 32.1. The van der Waals surface area contributed by atoms with Crippen molar-refractivity contribution in [3.05, 3.63) is 16.6 Å². The van der Waals surface area contributed by atoms with E-state index in [1.807, 2.05) is 22.7 Å². The molecule has 0 radical (unpaired) electrons. The maximum Gasteiger partial charge on any atom is 0.264 e. The highest BCUT2D eigenvalue weighted by molar-refractivity contribution is 7.20. The number of thiophene rings is 1. The molecule has 3 rings (SSSR count). The summed E-state index contributed by atoms with van der Waals surface area (Å²) in [5.41, 5.74) is 6.80. The molecule has 3 heterocycles. The fourth-order valence-corrected chi connectivity index (χ4v) is 4.17. The predicted molar refractivity (Wildman–Crippen MR) is 90.4 cm³/mol. The summed E-state index contributed by atoms with van der Waals surface area (Å²) in [6.07, 6.45) is 2.04. The van der Waals surface area contributed by atoms with Gasteiger partial charge in [-0.05, 0) is 37.3 Å². The summed E-state index contributed by atoms with van der Waals surface area (Å²) in [4.78, 5) is 16.6. The number of carbonyl (C=O) groups is 1. The first kappa shape index (κ1) is 15.5. The normalized spacial score (nSPS) is 16.9. The number of nitrogens with two attached hydrogens (primary N) is 1. The number of hydrogen-bond acceptors (Lipinski definition) is 4. The molecular weight excluding hydrogens is 296 g/mol. The van der Waals surface area contributed by atoms with Gasteiger partial charge in [-0.15, -0.1) is 11.3 Å². The fraction of sp³-hybridized carbons (Fsp3) is 0.625. The van der Waals surface area contributed by atoms with Crippen molar-refractivity contribution in [2.24, 2.45) is 18.7 Å². The molecule has 0 aromatic carbocycles. The van der Waals surface area contributed by atoms with Crippen molar-refractivity contribution in [3.63, 3.8) is 0 Å². The van der Waals surface area contributed by atoms with Crippen LogP contribution in [0.4, 0.5) is 0 Å². The van der Waals surface area contributed by atoms with E-state index in [2.05, 4.69) is 18.9 Å². The van der Waals surface area contributed by atoms with Crippen molar-refractivity contribution >= 4 is 27.5 Å². The number of carbonyl (C=O) groups excluding carboxylic acids is 1. The number of hydrogen-bond donors (Lipinski definition) is 1. The highest BCUT2D eigenvalue weighted by Gasteiger charge is 2.25. The molecule has 1 saturated heterocycles. The van der Waals surface area contributed by atoms with E-state index in [0.717, 1.165) is 53.3 Å². The zero-order chi connectivity index (χ0) is 15.9. The third-order valence-corrected chi connectivity index (χ3v) is 5.72. The van der Waals surface area contributed by atoms with Gasteiger partial charge in [-0.25, -0.2) is 0 Å². The number of fused-ring (bicyclic) bond motifs is 1. The Labute approximate surface area is 135 Å². The minimum Gasteiger partial charge on any atom is -0.338 e. The predicted octanol–water partition coefficient (Wildman–Crippen LogP) is 2.57. The Hall–Kier alpha value is -1.40. The lowest BCUT2D eigenvalue weighted by Crippen LogP contribution is -2.39. The van der Waals surface area contributed by atoms with Crippen LogP contribution in [0.15, 0.2) is 6.07 Å². The average molecular weight is 320 g/mol. The molecule has 1 fully saturated rings. The summed E-state index contributed by atoms with van der Waals surface area (Å²) >= 11 is 1.56. The van der Waals surface area contributed by atoms with Crippen LogP contribution in [-0.4, -0.2) is 40.2 Å². The quantitative estimate of drug-likeness (QED) is 0.945. The molecule has 0 saturated carbocycles. The molecule has 1 amide bonds. The number of rotatable bonds is 3. The van der Waals surface area contributed by atoms with Gasteiger partial charge in [0.25, 0.3) is 5.91 Å². The van der Waals surface area contributed by atoms with E-state index >= 15 is 0 Å². The third-order valence-electron chi connectivity index (χ3n) is 4.53. The number of aromatic nitrogens is 2. The summed E-state index contributed by atoms with van der Waals surface area (Å²) in [6, 6.07) is 2.03. The molecule has 0 atom stereocenters. The van der Waals surface area contributed by atoms with Crippen molar-refractivity contribution in [2.75, 3.05) is 19.6 Å². The van der Waals surface area contributed by atoms with Crippen LogP contribution >= 0.6 is 11.3 Å². The first-order valence-electron chi connectivity index (χ1n) is 7.97. The fourth-order valence-electron chi connectivity index (χ4n) is 3.13. The Morgan fingerprint density at radius 3 is 2.73 bits per heavy atom. The third kappa shape index (κ3) is 2.65. The minimum absolute atomic E-state index is 0.159. The molecule has 0 bridgehead atoms. The smallest absolute Gasteiger partial charge is 0.264 e. The van der Waals surface area contributed by atoms with Gasteiger partial charge in [-0.2, -0.15) is 5.10 Å². The second-order valence-electron chi connectivity index (χ2n) is 6.46. The van der Waals surface area contributed by atoms with Gasteiger partial charge in [0.05, 0.1) is 10.6 Å². The van der Waals surface area contributed by atoms with Crippen molar-refractivity contribution in [3.8, 4) is 0 Å². The molecule has 0 aliphatic carbocycles. The van der Waals surface area contributed by atoms with Gasteiger partial charge in [0, 0.05) is 25.5 Å². The van der Waals surface area contributed by atoms with Crippen LogP contribution in [0.5, 0.6) is 0 Å². The highest BCUT2D eigenvalue weighted by Crippen LogP contribution is 2.32. The largest absolute Gasteiger partial charge is 0.338 e. The van der Waals surface area contributed by atoms with Gasteiger partial charge >= 0.3 is 0 Å². The summed E-state index contributed by atoms with van der Waals surface area (Å²) in [5, 5.41) is 5.70. The average Bonchev–Trinajstić information content (AvgIpc) is 3.07. The van der Waals surface area contributed by atoms with Crippen molar-refractivity contribution < 1.29 is 4.79 Å². The molecule has 5 nitrogen and oxygen atoms in total. The van der Waals surface area contributed by atoms with Crippen LogP contribution in [-0.2, 0) is 7.05 Å². The van der Waals surface area contributed by atoms with E-state index in [1.165, 1.54) is 0 Å².